The first kappa shape index (κ1) is 18.8. The predicted molar refractivity (Wildman–Crippen MR) is 106 cm³/mol. The Morgan fingerprint density at radius 3 is 2.56 bits per heavy atom. The molecule has 0 aliphatic heterocycles. The highest BCUT2D eigenvalue weighted by Crippen LogP contribution is 2.18. The lowest BCUT2D eigenvalue weighted by atomic mass is 9.98. The quantitative estimate of drug-likeness (QED) is 0.474. The predicted octanol–water partition coefficient (Wildman–Crippen LogP) is 3.78. The van der Waals surface area contributed by atoms with Gasteiger partial charge in [-0.25, -0.2) is 0 Å². The van der Waals surface area contributed by atoms with Crippen molar-refractivity contribution in [1.82, 2.24) is 10.6 Å². The zero-order valence-corrected chi connectivity index (χ0v) is 15.1. The van der Waals surface area contributed by atoms with Gasteiger partial charge in [0.05, 0.1) is 0 Å². The smallest absolute Gasteiger partial charge is 0.251 e. The minimum absolute atomic E-state index is 0.0571. The number of amides is 1. The maximum absolute atomic E-state index is 12.1. The molecule has 25 heavy (non-hydrogen) atoms. The lowest BCUT2D eigenvalue weighted by Crippen LogP contribution is -2.27. The van der Waals surface area contributed by atoms with E-state index < -0.39 is 0 Å². The first-order valence-corrected chi connectivity index (χ1v) is 9.02. The molecule has 0 spiro atoms. The summed E-state index contributed by atoms with van der Waals surface area (Å²) in [6.45, 7) is 7.64. The largest absolute Gasteiger partial charge is 0.399 e. The van der Waals surface area contributed by atoms with E-state index in [1.807, 2.05) is 37.3 Å². The average molecular weight is 339 g/mol. The van der Waals surface area contributed by atoms with E-state index in [-0.39, 0.29) is 5.91 Å². The van der Waals surface area contributed by atoms with Gasteiger partial charge in [0.1, 0.15) is 0 Å². The number of carbonyl (C=O) groups excluding carboxylic acids is 1. The van der Waals surface area contributed by atoms with Crippen molar-refractivity contribution >= 4 is 17.3 Å². The summed E-state index contributed by atoms with van der Waals surface area (Å²) in [6, 6.07) is 7.71. The van der Waals surface area contributed by atoms with Crippen LogP contribution in [0.4, 0.5) is 5.69 Å². The number of anilines is 1. The summed E-state index contributed by atoms with van der Waals surface area (Å²) in [5, 5.41) is 6.34. The van der Waals surface area contributed by atoms with Crippen LogP contribution >= 0.6 is 0 Å². The molecule has 0 unspecified atom stereocenters. The number of nitrogens with one attached hydrogen (secondary N) is 2. The molecule has 1 amide bonds. The van der Waals surface area contributed by atoms with Gasteiger partial charge in [-0.15, -0.1) is 0 Å². The molecular weight excluding hydrogens is 310 g/mol. The first-order chi connectivity index (χ1) is 12.1. The third kappa shape index (κ3) is 6.14. The van der Waals surface area contributed by atoms with Gasteiger partial charge in [0.15, 0.2) is 0 Å². The topological polar surface area (TPSA) is 67.1 Å². The minimum atomic E-state index is 0.0571. The van der Waals surface area contributed by atoms with E-state index in [4.69, 9.17) is 5.73 Å². The molecule has 0 aromatic heterocycles. The van der Waals surface area contributed by atoms with Crippen molar-refractivity contribution in [2.75, 3.05) is 18.8 Å². The van der Waals surface area contributed by atoms with Crippen molar-refractivity contribution in [3.63, 3.8) is 0 Å². The first-order valence-electron chi connectivity index (χ1n) is 9.02. The fraction of sp³-hybridized carbons (Fsp3) is 0.381. The number of allylic oxidation sites excluding steroid dienone is 2. The van der Waals surface area contributed by atoms with Gasteiger partial charge >= 0.3 is 0 Å². The molecule has 4 N–H and O–H groups in total. The van der Waals surface area contributed by atoms with E-state index in [2.05, 4.69) is 23.3 Å². The summed E-state index contributed by atoms with van der Waals surface area (Å²) in [5.74, 6) is 0.0571. The van der Waals surface area contributed by atoms with Crippen molar-refractivity contribution in [1.29, 1.82) is 0 Å². The molecule has 4 heteroatoms. The van der Waals surface area contributed by atoms with Crippen LogP contribution in [0.15, 0.2) is 54.1 Å². The summed E-state index contributed by atoms with van der Waals surface area (Å²) in [7, 11) is 0. The second-order valence-electron chi connectivity index (χ2n) is 6.43. The molecule has 0 radical (unpaired) electrons. The van der Waals surface area contributed by atoms with Crippen LogP contribution in [0.1, 0.15) is 44.6 Å². The fourth-order valence-corrected chi connectivity index (χ4v) is 2.86. The van der Waals surface area contributed by atoms with Crippen LogP contribution in [0.2, 0.25) is 0 Å². The van der Waals surface area contributed by atoms with E-state index in [1.165, 1.54) is 0 Å². The molecule has 134 valence electrons. The molecule has 0 bridgehead atoms. The molecule has 0 heterocycles. The Labute approximate surface area is 150 Å². The summed E-state index contributed by atoms with van der Waals surface area (Å²) in [4.78, 5) is 12.1. The second kappa shape index (κ2) is 9.72. The van der Waals surface area contributed by atoms with Crippen LogP contribution in [0, 0.1) is 0 Å². The third-order valence-corrected chi connectivity index (χ3v) is 4.35. The number of unbranched alkanes of at least 4 members (excludes halogenated alkanes) is 2. The third-order valence-electron chi connectivity index (χ3n) is 4.35. The monoisotopic (exact) mass is 339 g/mol. The van der Waals surface area contributed by atoms with Crippen LogP contribution < -0.4 is 16.4 Å². The number of hydrogen-bond donors (Lipinski definition) is 3. The molecule has 0 fully saturated rings. The molecule has 1 aliphatic carbocycles. The van der Waals surface area contributed by atoms with Gasteiger partial charge in [-0.2, -0.15) is 0 Å². The zero-order chi connectivity index (χ0) is 18.1. The van der Waals surface area contributed by atoms with Gasteiger partial charge in [-0.05, 0) is 62.3 Å². The van der Waals surface area contributed by atoms with E-state index in [9.17, 15) is 4.79 Å². The van der Waals surface area contributed by atoms with Crippen LogP contribution in [-0.2, 0) is 4.79 Å². The van der Waals surface area contributed by atoms with Crippen molar-refractivity contribution in [3.05, 3.63) is 59.7 Å². The number of nitrogen functional groups attached to an aromatic ring is 1. The Balaban J connectivity index is 1.56. The number of nitrogens with two attached hydrogens (primary N) is 1. The Hall–Kier alpha value is -2.49. The fourth-order valence-electron chi connectivity index (χ4n) is 2.86. The van der Waals surface area contributed by atoms with E-state index >= 15 is 0 Å². The Bertz CT molecular complexity index is 673. The standard InChI is InChI=1S/C21H29N3O/c1-16-9-4-5-12-20(16)21(25)24-14-7-3-6-13-23-17(2)18-10-8-11-19(22)15-18/h8-12,15,23H,2-7,13-14,22H2,1H3,(H,24,25). The number of hydrogen-bond acceptors (Lipinski definition) is 3. The Morgan fingerprint density at radius 1 is 1.12 bits per heavy atom. The Kier molecular flexibility index (Phi) is 7.33. The van der Waals surface area contributed by atoms with Gasteiger partial charge in [0, 0.05) is 30.0 Å². The molecule has 0 saturated heterocycles. The molecule has 1 aromatic carbocycles. The highest BCUT2D eigenvalue weighted by atomic mass is 16.1. The maximum Gasteiger partial charge on any atom is 0.251 e. The van der Waals surface area contributed by atoms with Crippen LogP contribution in [0.5, 0.6) is 0 Å². The summed E-state index contributed by atoms with van der Waals surface area (Å²) in [5.41, 5.74) is 10.4. The van der Waals surface area contributed by atoms with Crippen LogP contribution in [-0.4, -0.2) is 19.0 Å². The summed E-state index contributed by atoms with van der Waals surface area (Å²) in [6.07, 6.45) is 9.25. The van der Waals surface area contributed by atoms with E-state index in [1.54, 1.807) is 0 Å². The number of carbonyl (C=O) groups is 1. The SMILES string of the molecule is C=C(NCCCCCNC(=O)C1=CCCC=C1C)c1cccc(N)c1. The maximum atomic E-state index is 12.1. The van der Waals surface area contributed by atoms with Crippen molar-refractivity contribution in [2.45, 2.75) is 39.0 Å². The summed E-state index contributed by atoms with van der Waals surface area (Å²) < 4.78 is 0. The molecule has 0 saturated carbocycles. The van der Waals surface area contributed by atoms with Gasteiger partial charge < -0.3 is 16.4 Å². The molecular formula is C21H29N3O. The van der Waals surface area contributed by atoms with Crippen molar-refractivity contribution in [2.24, 2.45) is 0 Å². The lowest BCUT2D eigenvalue weighted by molar-refractivity contribution is -0.117. The molecule has 0 atom stereocenters. The van der Waals surface area contributed by atoms with Gasteiger partial charge in [-0.1, -0.05) is 30.9 Å². The lowest BCUT2D eigenvalue weighted by Gasteiger charge is -2.13. The van der Waals surface area contributed by atoms with Gasteiger partial charge in [-0.3, -0.25) is 4.79 Å². The second-order valence-corrected chi connectivity index (χ2v) is 6.43. The van der Waals surface area contributed by atoms with Gasteiger partial charge in [0.2, 0.25) is 0 Å². The molecule has 2 rings (SSSR count). The number of rotatable bonds is 9. The summed E-state index contributed by atoms with van der Waals surface area (Å²) >= 11 is 0. The van der Waals surface area contributed by atoms with Crippen molar-refractivity contribution < 1.29 is 4.79 Å². The van der Waals surface area contributed by atoms with E-state index in [0.717, 1.165) is 73.3 Å². The average Bonchev–Trinajstić information content (AvgIpc) is 2.61. The molecule has 1 aliphatic rings. The minimum Gasteiger partial charge on any atom is -0.399 e. The normalized spacial score (nSPS) is 13.6. The van der Waals surface area contributed by atoms with Crippen molar-refractivity contribution in [3.8, 4) is 0 Å². The highest BCUT2D eigenvalue weighted by Gasteiger charge is 2.12. The molecule has 4 nitrogen and oxygen atoms in total. The van der Waals surface area contributed by atoms with E-state index in [0.29, 0.717) is 0 Å². The highest BCUT2D eigenvalue weighted by molar-refractivity contribution is 5.97. The molecule has 1 aromatic rings. The van der Waals surface area contributed by atoms with Crippen LogP contribution in [0.3, 0.4) is 0 Å². The Morgan fingerprint density at radius 2 is 1.84 bits per heavy atom. The number of benzene rings is 1. The zero-order valence-electron chi connectivity index (χ0n) is 15.1. The van der Waals surface area contributed by atoms with Gasteiger partial charge in [0.25, 0.3) is 5.91 Å². The van der Waals surface area contributed by atoms with Crippen LogP contribution in [0.25, 0.3) is 5.70 Å².